The number of rotatable bonds is 3. The van der Waals surface area contributed by atoms with Crippen LogP contribution in [0.25, 0.3) is 0 Å². The summed E-state index contributed by atoms with van der Waals surface area (Å²) in [7, 11) is 2.17. The van der Waals surface area contributed by atoms with Crippen LogP contribution in [-0.4, -0.2) is 50.3 Å². The zero-order valence-corrected chi connectivity index (χ0v) is 12.8. The van der Waals surface area contributed by atoms with E-state index in [1.165, 1.54) is 29.7 Å². The van der Waals surface area contributed by atoms with E-state index < -0.39 is 0 Å². The number of fused-ring (bicyclic) bond motifs is 3. The Morgan fingerprint density at radius 2 is 2.05 bits per heavy atom. The lowest BCUT2D eigenvalue weighted by atomic mass is 10.00. The van der Waals surface area contributed by atoms with Crippen LogP contribution < -0.4 is 10.6 Å². The Hall–Kier alpha value is -1.10. The fraction of sp³-hybridized carbons (Fsp3) is 0.647. The molecule has 114 valence electrons. The summed E-state index contributed by atoms with van der Waals surface area (Å²) in [5, 5.41) is 0. The van der Waals surface area contributed by atoms with Crippen LogP contribution in [0, 0.1) is 0 Å². The second kappa shape index (κ2) is 5.27. The molecule has 3 aliphatic heterocycles. The Morgan fingerprint density at radius 3 is 2.76 bits per heavy atom. The molecule has 4 rings (SSSR count). The molecule has 4 heteroatoms. The molecule has 0 saturated carbocycles. The first-order valence-corrected chi connectivity index (χ1v) is 8.18. The molecule has 4 nitrogen and oxygen atoms in total. The minimum absolute atomic E-state index is 0.341. The summed E-state index contributed by atoms with van der Waals surface area (Å²) in [5.74, 6) is 0. The Bertz CT molecular complexity index is 521. The van der Waals surface area contributed by atoms with E-state index in [0.29, 0.717) is 24.8 Å². The lowest BCUT2D eigenvalue weighted by Gasteiger charge is -2.37. The zero-order valence-electron chi connectivity index (χ0n) is 12.8. The molecule has 3 heterocycles. The van der Waals surface area contributed by atoms with E-state index >= 15 is 0 Å². The molecule has 0 amide bonds. The highest BCUT2D eigenvalue weighted by Gasteiger charge is 2.36. The van der Waals surface area contributed by atoms with Gasteiger partial charge in [-0.05, 0) is 36.5 Å². The standard InChI is InChI=1S/C17H25N3O/c1-19-7-6-13-8-12(2-5-16(13)19)17(9-18)20-10-14-3-4-15(11-20)21-14/h2,5,8,14-15,17H,3-4,6-7,9-11,18H2,1H3. The lowest BCUT2D eigenvalue weighted by molar-refractivity contribution is -0.0521. The smallest absolute Gasteiger partial charge is 0.0707 e. The van der Waals surface area contributed by atoms with Crippen LogP contribution in [0.15, 0.2) is 18.2 Å². The third-order valence-corrected chi connectivity index (χ3v) is 5.35. The Kier molecular flexibility index (Phi) is 3.40. The van der Waals surface area contributed by atoms with Crippen LogP contribution in [0.1, 0.15) is 30.0 Å². The number of benzene rings is 1. The van der Waals surface area contributed by atoms with Crippen molar-refractivity contribution in [1.82, 2.24) is 4.90 Å². The van der Waals surface area contributed by atoms with Crippen LogP contribution >= 0.6 is 0 Å². The minimum Gasteiger partial charge on any atom is -0.374 e. The van der Waals surface area contributed by atoms with E-state index in [2.05, 4.69) is 35.0 Å². The molecule has 1 aromatic carbocycles. The summed E-state index contributed by atoms with van der Waals surface area (Å²) >= 11 is 0. The second-order valence-electron chi connectivity index (χ2n) is 6.72. The van der Waals surface area contributed by atoms with Crippen molar-refractivity contribution in [2.24, 2.45) is 5.73 Å². The molecule has 2 saturated heterocycles. The van der Waals surface area contributed by atoms with Crippen molar-refractivity contribution < 1.29 is 4.74 Å². The van der Waals surface area contributed by atoms with Gasteiger partial charge in [0, 0.05) is 45.0 Å². The molecule has 1 aromatic rings. The third-order valence-electron chi connectivity index (χ3n) is 5.35. The quantitative estimate of drug-likeness (QED) is 0.916. The summed E-state index contributed by atoms with van der Waals surface area (Å²) in [6.07, 6.45) is 4.45. The number of morpholine rings is 1. The van der Waals surface area contributed by atoms with Gasteiger partial charge in [0.05, 0.1) is 12.2 Å². The average Bonchev–Trinajstić information content (AvgIpc) is 3.03. The predicted molar refractivity (Wildman–Crippen MR) is 84.7 cm³/mol. The van der Waals surface area contributed by atoms with Gasteiger partial charge in [0.15, 0.2) is 0 Å². The second-order valence-corrected chi connectivity index (χ2v) is 6.72. The molecular weight excluding hydrogens is 262 g/mol. The molecule has 2 bridgehead atoms. The number of hydrogen-bond donors (Lipinski definition) is 1. The Morgan fingerprint density at radius 1 is 1.29 bits per heavy atom. The number of likely N-dealkylation sites (N-methyl/N-ethyl adjacent to an activating group) is 1. The van der Waals surface area contributed by atoms with Gasteiger partial charge in [0.1, 0.15) is 0 Å². The fourth-order valence-electron chi connectivity index (χ4n) is 4.19. The maximum atomic E-state index is 6.13. The van der Waals surface area contributed by atoms with Gasteiger partial charge in [-0.15, -0.1) is 0 Å². The topological polar surface area (TPSA) is 41.7 Å². The number of likely N-dealkylation sites (tertiary alicyclic amines) is 1. The van der Waals surface area contributed by atoms with E-state index in [1.807, 2.05) is 0 Å². The van der Waals surface area contributed by atoms with E-state index in [1.54, 1.807) is 0 Å². The minimum atomic E-state index is 0.341. The Balaban J connectivity index is 1.58. The van der Waals surface area contributed by atoms with E-state index in [-0.39, 0.29) is 0 Å². The first kappa shape index (κ1) is 13.6. The first-order chi connectivity index (χ1) is 10.2. The number of ether oxygens (including phenoxy) is 1. The van der Waals surface area contributed by atoms with Gasteiger partial charge in [0.25, 0.3) is 0 Å². The highest BCUT2D eigenvalue weighted by Crippen LogP contribution is 2.34. The van der Waals surface area contributed by atoms with E-state index in [0.717, 1.165) is 26.1 Å². The van der Waals surface area contributed by atoms with Crippen molar-refractivity contribution in [2.45, 2.75) is 37.5 Å². The number of nitrogens with two attached hydrogens (primary N) is 1. The fourth-order valence-corrected chi connectivity index (χ4v) is 4.19. The van der Waals surface area contributed by atoms with Gasteiger partial charge >= 0.3 is 0 Å². The van der Waals surface area contributed by atoms with Crippen molar-refractivity contribution in [3.8, 4) is 0 Å². The molecule has 3 unspecified atom stereocenters. The van der Waals surface area contributed by atoms with Crippen LogP contribution in [-0.2, 0) is 11.2 Å². The molecule has 21 heavy (non-hydrogen) atoms. The molecule has 2 fully saturated rings. The molecule has 0 spiro atoms. The summed E-state index contributed by atoms with van der Waals surface area (Å²) in [4.78, 5) is 4.89. The summed E-state index contributed by atoms with van der Waals surface area (Å²) in [5.41, 5.74) is 10.4. The monoisotopic (exact) mass is 287 g/mol. The van der Waals surface area contributed by atoms with Gasteiger partial charge in [-0.3, -0.25) is 4.90 Å². The van der Waals surface area contributed by atoms with Gasteiger partial charge in [-0.1, -0.05) is 12.1 Å². The van der Waals surface area contributed by atoms with Crippen LogP contribution in [0.4, 0.5) is 5.69 Å². The van der Waals surface area contributed by atoms with Crippen molar-refractivity contribution >= 4 is 5.69 Å². The van der Waals surface area contributed by atoms with Gasteiger partial charge in [-0.2, -0.15) is 0 Å². The summed E-state index contributed by atoms with van der Waals surface area (Å²) < 4.78 is 5.96. The van der Waals surface area contributed by atoms with Crippen molar-refractivity contribution in [3.05, 3.63) is 29.3 Å². The Labute approximate surface area is 126 Å². The molecular formula is C17H25N3O. The van der Waals surface area contributed by atoms with Crippen molar-refractivity contribution in [3.63, 3.8) is 0 Å². The predicted octanol–water partition coefficient (Wildman–Crippen LogP) is 1.54. The largest absolute Gasteiger partial charge is 0.374 e. The van der Waals surface area contributed by atoms with Gasteiger partial charge < -0.3 is 15.4 Å². The van der Waals surface area contributed by atoms with Crippen LogP contribution in [0.2, 0.25) is 0 Å². The van der Waals surface area contributed by atoms with Crippen molar-refractivity contribution in [2.75, 3.05) is 38.1 Å². The molecule has 0 radical (unpaired) electrons. The van der Waals surface area contributed by atoms with Crippen LogP contribution in [0.3, 0.4) is 0 Å². The lowest BCUT2D eigenvalue weighted by Crippen LogP contribution is -2.46. The van der Waals surface area contributed by atoms with Crippen LogP contribution in [0.5, 0.6) is 0 Å². The number of hydrogen-bond acceptors (Lipinski definition) is 4. The average molecular weight is 287 g/mol. The molecule has 2 N–H and O–H groups in total. The summed E-state index contributed by atoms with van der Waals surface area (Å²) in [6.45, 7) is 3.90. The SMILES string of the molecule is CN1CCc2cc(C(CN)N3CC4CCC(C3)O4)ccc21. The summed E-state index contributed by atoms with van der Waals surface area (Å²) in [6, 6.07) is 7.27. The maximum Gasteiger partial charge on any atom is 0.0707 e. The van der Waals surface area contributed by atoms with Crippen molar-refractivity contribution in [1.29, 1.82) is 0 Å². The maximum absolute atomic E-state index is 6.13. The highest BCUT2D eigenvalue weighted by atomic mass is 16.5. The highest BCUT2D eigenvalue weighted by molar-refractivity contribution is 5.58. The van der Waals surface area contributed by atoms with E-state index in [9.17, 15) is 0 Å². The normalized spacial score (nSPS) is 29.7. The third kappa shape index (κ3) is 2.35. The zero-order chi connectivity index (χ0) is 14.4. The van der Waals surface area contributed by atoms with E-state index in [4.69, 9.17) is 10.5 Å². The molecule has 3 atom stereocenters. The number of anilines is 1. The van der Waals surface area contributed by atoms with Gasteiger partial charge in [0.2, 0.25) is 0 Å². The molecule has 0 aliphatic carbocycles. The molecule has 3 aliphatic rings. The number of nitrogens with zero attached hydrogens (tertiary/aromatic N) is 2. The van der Waals surface area contributed by atoms with Gasteiger partial charge in [-0.25, -0.2) is 0 Å². The molecule has 0 aromatic heterocycles. The first-order valence-electron chi connectivity index (χ1n) is 8.18.